The summed E-state index contributed by atoms with van der Waals surface area (Å²) in [5.74, 6) is -1.05. The fourth-order valence-corrected chi connectivity index (χ4v) is 2.09. The van der Waals surface area contributed by atoms with Crippen molar-refractivity contribution in [1.29, 1.82) is 0 Å². The van der Waals surface area contributed by atoms with Gasteiger partial charge in [0.2, 0.25) is 5.91 Å². The topological polar surface area (TPSA) is 81.4 Å². The molecule has 0 aliphatic heterocycles. The van der Waals surface area contributed by atoms with E-state index in [1.54, 1.807) is 31.4 Å². The molecule has 0 aliphatic carbocycles. The van der Waals surface area contributed by atoms with Crippen molar-refractivity contribution in [3.8, 4) is 5.75 Å². The third-order valence-corrected chi connectivity index (χ3v) is 3.33. The fourth-order valence-electron chi connectivity index (χ4n) is 2.09. The van der Waals surface area contributed by atoms with Crippen LogP contribution in [0.25, 0.3) is 0 Å². The summed E-state index contributed by atoms with van der Waals surface area (Å²) in [6.45, 7) is 0. The quantitative estimate of drug-likeness (QED) is 0.850. The van der Waals surface area contributed by atoms with Crippen LogP contribution in [0, 0.1) is 5.82 Å². The standard InChI is InChI=1S/C17H17FN2O3/c1-23-14-7-5-11(6-8-14)9-15(16(19)21)20-17(22)12-3-2-4-13(18)10-12/h2-8,10,15H,9H2,1H3,(H2,19,21)(H,20,22)/t15-/m1/s1. The second-order valence-corrected chi connectivity index (χ2v) is 4.99. The molecule has 0 heterocycles. The van der Waals surface area contributed by atoms with Gasteiger partial charge in [-0.25, -0.2) is 4.39 Å². The molecule has 0 fully saturated rings. The Morgan fingerprint density at radius 3 is 2.48 bits per heavy atom. The Kier molecular flexibility index (Phi) is 5.30. The van der Waals surface area contributed by atoms with E-state index in [1.165, 1.54) is 18.2 Å². The molecular formula is C17H17FN2O3. The van der Waals surface area contributed by atoms with Crippen molar-refractivity contribution in [2.24, 2.45) is 5.73 Å². The summed E-state index contributed by atoms with van der Waals surface area (Å²) in [7, 11) is 1.56. The number of carbonyl (C=O) groups excluding carboxylic acids is 2. The second kappa shape index (κ2) is 7.40. The molecule has 5 nitrogen and oxygen atoms in total. The Labute approximate surface area is 133 Å². The van der Waals surface area contributed by atoms with E-state index < -0.39 is 23.7 Å². The number of nitrogens with two attached hydrogens (primary N) is 1. The van der Waals surface area contributed by atoms with Crippen molar-refractivity contribution < 1.29 is 18.7 Å². The normalized spacial score (nSPS) is 11.6. The van der Waals surface area contributed by atoms with E-state index in [9.17, 15) is 14.0 Å². The number of amides is 2. The SMILES string of the molecule is COc1ccc(C[C@@H](NC(=O)c2cccc(F)c2)C(N)=O)cc1. The molecule has 2 aromatic rings. The van der Waals surface area contributed by atoms with E-state index in [0.29, 0.717) is 5.75 Å². The van der Waals surface area contributed by atoms with Crippen LogP contribution in [0.15, 0.2) is 48.5 Å². The van der Waals surface area contributed by atoms with E-state index in [2.05, 4.69) is 5.32 Å². The van der Waals surface area contributed by atoms with Crippen molar-refractivity contribution in [3.05, 3.63) is 65.5 Å². The van der Waals surface area contributed by atoms with E-state index in [1.807, 2.05) is 0 Å². The Morgan fingerprint density at radius 2 is 1.91 bits per heavy atom. The number of rotatable bonds is 6. The first-order valence-electron chi connectivity index (χ1n) is 6.98. The van der Waals surface area contributed by atoms with Crippen LogP contribution in [0.4, 0.5) is 4.39 Å². The minimum absolute atomic E-state index is 0.131. The van der Waals surface area contributed by atoms with Crippen LogP contribution in [-0.2, 0) is 11.2 Å². The van der Waals surface area contributed by atoms with Crippen LogP contribution in [0.3, 0.4) is 0 Å². The Balaban J connectivity index is 2.09. The van der Waals surface area contributed by atoms with Crippen LogP contribution in [0.1, 0.15) is 15.9 Å². The highest BCUT2D eigenvalue weighted by atomic mass is 19.1. The Bertz CT molecular complexity index is 701. The molecule has 120 valence electrons. The molecule has 0 aromatic heterocycles. The third kappa shape index (κ3) is 4.54. The van der Waals surface area contributed by atoms with E-state index in [0.717, 1.165) is 11.6 Å². The maximum Gasteiger partial charge on any atom is 0.252 e. The minimum Gasteiger partial charge on any atom is -0.497 e. The number of halogens is 1. The first-order chi connectivity index (χ1) is 11.0. The maximum atomic E-state index is 13.2. The first kappa shape index (κ1) is 16.5. The van der Waals surface area contributed by atoms with Crippen molar-refractivity contribution in [3.63, 3.8) is 0 Å². The van der Waals surface area contributed by atoms with Crippen molar-refractivity contribution in [1.82, 2.24) is 5.32 Å². The van der Waals surface area contributed by atoms with Gasteiger partial charge in [0.05, 0.1) is 7.11 Å². The van der Waals surface area contributed by atoms with Gasteiger partial charge >= 0.3 is 0 Å². The average Bonchev–Trinajstić information content (AvgIpc) is 2.54. The zero-order valence-electron chi connectivity index (χ0n) is 12.6. The van der Waals surface area contributed by atoms with Gasteiger partial charge in [-0.2, -0.15) is 0 Å². The Morgan fingerprint density at radius 1 is 1.22 bits per heavy atom. The van der Waals surface area contributed by atoms with Crippen molar-refractivity contribution >= 4 is 11.8 Å². The summed E-state index contributed by atoms with van der Waals surface area (Å²) >= 11 is 0. The number of nitrogens with one attached hydrogen (secondary N) is 1. The summed E-state index contributed by atoms with van der Waals surface area (Å²) in [6.07, 6.45) is 0.236. The number of ether oxygens (including phenoxy) is 1. The molecule has 0 saturated heterocycles. The lowest BCUT2D eigenvalue weighted by Gasteiger charge is -2.16. The van der Waals surface area contributed by atoms with Crippen LogP contribution >= 0.6 is 0 Å². The molecule has 0 spiro atoms. The summed E-state index contributed by atoms with van der Waals surface area (Å²) in [4.78, 5) is 23.7. The number of methoxy groups -OCH3 is 1. The summed E-state index contributed by atoms with van der Waals surface area (Å²) in [5, 5.41) is 2.53. The zero-order chi connectivity index (χ0) is 16.8. The first-order valence-corrected chi connectivity index (χ1v) is 6.98. The highest BCUT2D eigenvalue weighted by molar-refractivity contribution is 5.97. The van der Waals surface area contributed by atoms with Crippen molar-refractivity contribution in [2.75, 3.05) is 7.11 Å². The predicted octanol–water partition coefficient (Wildman–Crippen LogP) is 1.66. The second-order valence-electron chi connectivity index (χ2n) is 4.99. The molecule has 0 bridgehead atoms. The van der Waals surface area contributed by atoms with Crippen LogP contribution in [0.5, 0.6) is 5.75 Å². The molecule has 23 heavy (non-hydrogen) atoms. The van der Waals surface area contributed by atoms with Gasteiger partial charge in [0.25, 0.3) is 5.91 Å². The zero-order valence-corrected chi connectivity index (χ0v) is 12.6. The highest BCUT2D eigenvalue weighted by Gasteiger charge is 2.19. The molecule has 3 N–H and O–H groups in total. The van der Waals surface area contributed by atoms with Crippen LogP contribution in [0.2, 0.25) is 0 Å². The molecule has 1 atom stereocenters. The number of hydrogen-bond donors (Lipinski definition) is 2. The number of hydrogen-bond acceptors (Lipinski definition) is 3. The van der Waals surface area contributed by atoms with Gasteiger partial charge in [-0.15, -0.1) is 0 Å². The summed E-state index contributed by atoms with van der Waals surface area (Å²) < 4.78 is 18.2. The lowest BCUT2D eigenvalue weighted by molar-refractivity contribution is -0.119. The summed E-state index contributed by atoms with van der Waals surface area (Å²) in [5.41, 5.74) is 6.29. The maximum absolute atomic E-state index is 13.2. The molecule has 6 heteroatoms. The van der Waals surface area contributed by atoms with E-state index >= 15 is 0 Å². The Hall–Kier alpha value is -2.89. The van der Waals surface area contributed by atoms with Crippen LogP contribution in [-0.4, -0.2) is 25.0 Å². The molecule has 0 radical (unpaired) electrons. The fraction of sp³-hybridized carbons (Fsp3) is 0.176. The van der Waals surface area contributed by atoms with Gasteiger partial charge < -0.3 is 15.8 Å². The highest BCUT2D eigenvalue weighted by Crippen LogP contribution is 2.13. The van der Waals surface area contributed by atoms with Gasteiger partial charge in [0.15, 0.2) is 0 Å². The lowest BCUT2D eigenvalue weighted by Crippen LogP contribution is -2.45. The van der Waals surface area contributed by atoms with Gasteiger partial charge in [0, 0.05) is 12.0 Å². The predicted molar refractivity (Wildman–Crippen MR) is 83.5 cm³/mol. The van der Waals surface area contributed by atoms with Gasteiger partial charge in [0.1, 0.15) is 17.6 Å². The van der Waals surface area contributed by atoms with Crippen LogP contribution < -0.4 is 15.8 Å². The van der Waals surface area contributed by atoms with Gasteiger partial charge in [-0.3, -0.25) is 9.59 Å². The molecular weight excluding hydrogens is 299 g/mol. The number of carbonyl (C=O) groups is 2. The van der Waals surface area contributed by atoms with E-state index in [-0.39, 0.29) is 12.0 Å². The summed E-state index contributed by atoms with van der Waals surface area (Å²) in [6, 6.07) is 11.4. The number of benzene rings is 2. The lowest BCUT2D eigenvalue weighted by atomic mass is 10.0. The molecule has 0 unspecified atom stereocenters. The number of primary amides is 1. The molecule has 2 rings (SSSR count). The molecule has 0 aliphatic rings. The average molecular weight is 316 g/mol. The monoisotopic (exact) mass is 316 g/mol. The van der Waals surface area contributed by atoms with Gasteiger partial charge in [-0.05, 0) is 35.9 Å². The largest absolute Gasteiger partial charge is 0.497 e. The van der Waals surface area contributed by atoms with Gasteiger partial charge in [-0.1, -0.05) is 18.2 Å². The molecule has 2 aromatic carbocycles. The van der Waals surface area contributed by atoms with E-state index in [4.69, 9.17) is 10.5 Å². The third-order valence-electron chi connectivity index (χ3n) is 3.33. The molecule has 0 saturated carbocycles. The minimum atomic E-state index is -0.890. The van der Waals surface area contributed by atoms with Crippen molar-refractivity contribution in [2.45, 2.75) is 12.5 Å². The molecule has 2 amide bonds. The smallest absolute Gasteiger partial charge is 0.252 e.